The zero-order valence-electron chi connectivity index (χ0n) is 29.6. The Bertz CT molecular complexity index is 3450. The van der Waals surface area contributed by atoms with Gasteiger partial charge in [-0.15, -0.1) is 0 Å². The van der Waals surface area contributed by atoms with E-state index in [1.54, 1.807) is 11.8 Å². The Balaban J connectivity index is 1.15. The maximum Gasteiger partial charge on any atom is 0.0991 e. The van der Waals surface area contributed by atoms with Gasteiger partial charge in [-0.25, -0.2) is 0 Å². The molecule has 0 radical (unpaired) electrons. The van der Waals surface area contributed by atoms with E-state index in [1.165, 1.54) is 16.0 Å². The second-order valence-corrected chi connectivity index (χ2v) is 15.5. The molecule has 6 aromatic carbocycles. The van der Waals surface area contributed by atoms with Gasteiger partial charge in [0.25, 0.3) is 0 Å². The predicted octanol–water partition coefficient (Wildman–Crippen LogP) is 11.2. The number of hydrogen-bond donors (Lipinski definition) is 0. The van der Waals surface area contributed by atoms with E-state index in [-0.39, 0.29) is 0 Å². The van der Waals surface area contributed by atoms with E-state index in [4.69, 9.17) is 9.97 Å². The van der Waals surface area contributed by atoms with Crippen LogP contribution in [0.5, 0.6) is 0 Å². The van der Waals surface area contributed by atoms with Crippen LogP contribution in [-0.4, -0.2) is 19.1 Å². The number of nitrogens with zero attached hydrogens (tertiary/aromatic N) is 6. The van der Waals surface area contributed by atoms with E-state index in [0.717, 1.165) is 82.4 Å². The average molecular weight is 731 g/mol. The summed E-state index contributed by atoms with van der Waals surface area (Å²) >= 11 is 1.80. The number of para-hydroxylation sites is 2. The van der Waals surface area contributed by atoms with Crippen LogP contribution in [0.4, 0.5) is 0 Å². The Kier molecular flexibility index (Phi) is 6.24. The molecular formula is C49H26N6S. The van der Waals surface area contributed by atoms with Crippen molar-refractivity contribution in [3.05, 3.63) is 191 Å². The fourth-order valence-corrected chi connectivity index (χ4v) is 10.7. The first-order valence-electron chi connectivity index (χ1n) is 18.4. The molecule has 1 unspecified atom stereocenters. The number of fused-ring (bicyclic) bond motifs is 15. The first-order chi connectivity index (χ1) is 27.7. The van der Waals surface area contributed by atoms with Crippen LogP contribution in [0.1, 0.15) is 33.4 Å². The lowest BCUT2D eigenvalue weighted by Crippen LogP contribution is -2.32. The first-order valence-corrected chi connectivity index (χ1v) is 19.2. The number of pyridine rings is 2. The van der Waals surface area contributed by atoms with Gasteiger partial charge in [0.2, 0.25) is 0 Å². The lowest BCUT2D eigenvalue weighted by molar-refractivity contribution is 0.718. The molecular weight excluding hydrogens is 705 g/mol. The van der Waals surface area contributed by atoms with E-state index in [1.807, 2.05) is 54.9 Å². The van der Waals surface area contributed by atoms with Crippen LogP contribution in [0.3, 0.4) is 0 Å². The summed E-state index contributed by atoms with van der Waals surface area (Å²) in [5, 5.41) is 23.8. The van der Waals surface area contributed by atoms with Crippen molar-refractivity contribution in [1.82, 2.24) is 19.1 Å². The quantitative estimate of drug-likeness (QED) is 0.177. The van der Waals surface area contributed by atoms with Crippen LogP contribution in [-0.2, 0) is 5.41 Å². The molecule has 10 aromatic rings. The molecule has 2 aliphatic rings. The topological polar surface area (TPSA) is 83.2 Å². The largest absolute Gasteiger partial charge is 0.309 e. The zero-order chi connectivity index (χ0) is 37.1. The molecule has 6 nitrogen and oxygen atoms in total. The predicted molar refractivity (Wildman–Crippen MR) is 222 cm³/mol. The molecule has 4 aromatic heterocycles. The van der Waals surface area contributed by atoms with Gasteiger partial charge in [0, 0.05) is 48.8 Å². The third kappa shape index (κ3) is 3.94. The van der Waals surface area contributed by atoms with E-state index in [9.17, 15) is 10.5 Å². The molecule has 0 saturated heterocycles. The van der Waals surface area contributed by atoms with Crippen LogP contribution in [0.2, 0.25) is 0 Å². The highest BCUT2D eigenvalue weighted by atomic mass is 32.2. The zero-order valence-corrected chi connectivity index (χ0v) is 30.4. The van der Waals surface area contributed by atoms with E-state index in [0.29, 0.717) is 11.1 Å². The monoisotopic (exact) mass is 730 g/mol. The minimum atomic E-state index is -0.688. The number of benzene rings is 6. The molecule has 1 aliphatic heterocycles. The maximum absolute atomic E-state index is 9.78. The summed E-state index contributed by atoms with van der Waals surface area (Å²) in [5.41, 5.74) is 13.2. The molecule has 0 N–H and O–H groups in total. The van der Waals surface area contributed by atoms with Crippen LogP contribution >= 0.6 is 11.8 Å². The normalized spacial score (nSPS) is 15.1. The molecule has 12 rings (SSSR count). The highest BCUT2D eigenvalue weighted by Crippen LogP contribution is 2.62. The number of hydrogen-bond acceptors (Lipinski definition) is 5. The number of nitriles is 2. The summed E-state index contributed by atoms with van der Waals surface area (Å²) in [6.07, 6.45) is 3.83. The first kappa shape index (κ1) is 31.0. The highest BCUT2D eigenvalue weighted by Gasteiger charge is 2.52. The van der Waals surface area contributed by atoms with Crippen molar-refractivity contribution in [1.29, 1.82) is 10.5 Å². The van der Waals surface area contributed by atoms with Gasteiger partial charge in [-0.2, -0.15) is 10.5 Å². The third-order valence-corrected chi connectivity index (χ3v) is 12.8. The van der Waals surface area contributed by atoms with E-state index >= 15 is 0 Å². The lowest BCUT2D eigenvalue weighted by Gasteiger charge is -2.39. The van der Waals surface area contributed by atoms with Crippen LogP contribution in [0.15, 0.2) is 168 Å². The summed E-state index contributed by atoms with van der Waals surface area (Å²) in [6, 6.07) is 55.5. The molecule has 1 atom stereocenters. The van der Waals surface area contributed by atoms with Crippen LogP contribution in [0.25, 0.3) is 66.4 Å². The second-order valence-electron chi connectivity index (χ2n) is 14.4. The molecule has 1 spiro atoms. The summed E-state index contributed by atoms with van der Waals surface area (Å²) in [7, 11) is 0. The van der Waals surface area contributed by atoms with Gasteiger partial charge in [-0.3, -0.25) is 9.97 Å². The van der Waals surface area contributed by atoms with Gasteiger partial charge >= 0.3 is 0 Å². The molecule has 258 valence electrons. The third-order valence-electron chi connectivity index (χ3n) is 11.7. The van der Waals surface area contributed by atoms with Gasteiger partial charge in [-0.1, -0.05) is 78.5 Å². The molecule has 7 heteroatoms. The van der Waals surface area contributed by atoms with Crippen LogP contribution < -0.4 is 0 Å². The molecule has 0 fully saturated rings. The van der Waals surface area contributed by atoms with Crippen molar-refractivity contribution in [3.8, 4) is 34.9 Å². The Hall–Kier alpha value is -7.45. The second kappa shape index (κ2) is 11.3. The smallest absolute Gasteiger partial charge is 0.0991 e. The van der Waals surface area contributed by atoms with Gasteiger partial charge in [0.15, 0.2) is 0 Å². The Morgan fingerprint density at radius 1 is 0.464 bits per heavy atom. The van der Waals surface area contributed by atoms with Crippen molar-refractivity contribution in [3.63, 3.8) is 0 Å². The van der Waals surface area contributed by atoms with Gasteiger partial charge < -0.3 is 9.13 Å². The van der Waals surface area contributed by atoms with Crippen LogP contribution in [0, 0.1) is 22.7 Å². The van der Waals surface area contributed by atoms with E-state index < -0.39 is 5.41 Å². The van der Waals surface area contributed by atoms with Gasteiger partial charge in [0.1, 0.15) is 0 Å². The summed E-state index contributed by atoms with van der Waals surface area (Å²) in [5.74, 6) is 0. The summed E-state index contributed by atoms with van der Waals surface area (Å²) < 4.78 is 4.59. The summed E-state index contributed by atoms with van der Waals surface area (Å²) in [4.78, 5) is 12.6. The Morgan fingerprint density at radius 3 is 1.77 bits per heavy atom. The Morgan fingerprint density at radius 2 is 1.05 bits per heavy atom. The SMILES string of the molecule is N#Cc1ccc2c(c1)c1ccccc1n2-c1ccc2c(c1)Sc1ccccc1C21c2cccnc2-c2ncc(-n3c4ccccc4c4cc(C#N)ccc43)cc21. The minimum Gasteiger partial charge on any atom is -0.309 e. The molecule has 0 saturated carbocycles. The van der Waals surface area contributed by atoms with Crippen molar-refractivity contribution in [2.75, 3.05) is 0 Å². The minimum absolute atomic E-state index is 0.632. The van der Waals surface area contributed by atoms with Crippen molar-refractivity contribution in [2.24, 2.45) is 0 Å². The number of rotatable bonds is 2. The fourth-order valence-electron chi connectivity index (χ4n) is 9.49. The molecule has 1 aliphatic carbocycles. The standard InChI is InChI=1S/C49H26N6S/c50-26-29-15-19-43-35(22-29)33-8-1-4-12-41(33)54(43)31-17-18-38-46(25-31)56-45-14-6-3-10-37(45)49(38)39-11-7-21-52-47(39)48-40(49)24-32(28-53-48)55-42-13-5-2-9-34(42)36-23-30(27-51)16-20-44(36)55/h1-25,28H. The highest BCUT2D eigenvalue weighted by molar-refractivity contribution is 7.99. The molecule has 0 amide bonds. The lowest BCUT2D eigenvalue weighted by atomic mass is 9.67. The summed E-state index contributed by atoms with van der Waals surface area (Å²) in [6.45, 7) is 0. The number of aromatic nitrogens is 4. The fraction of sp³-hybridized carbons (Fsp3) is 0.0204. The maximum atomic E-state index is 9.78. The van der Waals surface area contributed by atoms with Crippen molar-refractivity contribution < 1.29 is 0 Å². The molecule has 0 bridgehead atoms. The van der Waals surface area contributed by atoms with E-state index in [2.05, 4.69) is 124 Å². The van der Waals surface area contributed by atoms with Gasteiger partial charge in [0.05, 0.1) is 74.0 Å². The van der Waals surface area contributed by atoms with Crippen molar-refractivity contribution >= 4 is 55.4 Å². The van der Waals surface area contributed by atoms with Crippen molar-refractivity contribution in [2.45, 2.75) is 15.2 Å². The Labute approximate surface area is 325 Å². The molecule has 56 heavy (non-hydrogen) atoms. The average Bonchev–Trinajstić information content (AvgIpc) is 3.87. The molecule has 5 heterocycles. The van der Waals surface area contributed by atoms with Gasteiger partial charge in [-0.05, 0) is 95.6 Å².